The van der Waals surface area contributed by atoms with E-state index in [9.17, 15) is 9.59 Å². The van der Waals surface area contributed by atoms with Gasteiger partial charge in [0.25, 0.3) is 0 Å². The van der Waals surface area contributed by atoms with Crippen LogP contribution in [0.25, 0.3) is 0 Å². The number of carbonyl (C=O) groups is 2. The zero-order valence-corrected chi connectivity index (χ0v) is 9.09. The summed E-state index contributed by atoms with van der Waals surface area (Å²) in [6, 6.07) is 0. The largest absolute Gasteiger partial charge is 0.336 e. The Kier molecular flexibility index (Phi) is 4.20. The minimum Gasteiger partial charge on any atom is -0.336 e. The Bertz CT molecular complexity index is 233. The Morgan fingerprint density at radius 3 is 2.57 bits per heavy atom. The summed E-state index contributed by atoms with van der Waals surface area (Å²) in [4.78, 5) is 25.8. The molecule has 4 nitrogen and oxygen atoms in total. The van der Waals surface area contributed by atoms with E-state index >= 15 is 0 Å². The van der Waals surface area contributed by atoms with Gasteiger partial charge in [0.05, 0.1) is 0 Å². The highest BCUT2D eigenvalue weighted by molar-refractivity contribution is 6.35. The number of carbonyl (C=O) groups excluding carboxylic acids is 2. The highest BCUT2D eigenvalue weighted by Crippen LogP contribution is 2.05. The second kappa shape index (κ2) is 5.20. The van der Waals surface area contributed by atoms with Crippen LogP contribution in [0.4, 0.5) is 0 Å². The van der Waals surface area contributed by atoms with Crippen LogP contribution in [0.2, 0.25) is 0 Å². The number of piperazine rings is 1. The summed E-state index contributed by atoms with van der Waals surface area (Å²) in [5.41, 5.74) is 0. The fourth-order valence-corrected chi connectivity index (χ4v) is 1.57. The van der Waals surface area contributed by atoms with Gasteiger partial charge >= 0.3 is 11.8 Å². The van der Waals surface area contributed by atoms with Crippen LogP contribution in [0.5, 0.6) is 0 Å². The van der Waals surface area contributed by atoms with Crippen molar-refractivity contribution in [1.82, 2.24) is 9.80 Å². The predicted molar refractivity (Wildman–Crippen MR) is 54.2 cm³/mol. The number of nitrogens with zero attached hydrogens (tertiary/aromatic N) is 2. The number of halogens is 1. The first-order chi connectivity index (χ1) is 6.66. The van der Waals surface area contributed by atoms with Crippen LogP contribution in [-0.4, -0.2) is 54.2 Å². The first-order valence-electron chi connectivity index (χ1n) is 4.77. The van der Waals surface area contributed by atoms with Crippen LogP contribution in [0.3, 0.4) is 0 Å². The fourth-order valence-electron chi connectivity index (χ4n) is 1.38. The van der Waals surface area contributed by atoms with E-state index in [1.54, 1.807) is 11.9 Å². The van der Waals surface area contributed by atoms with Crippen LogP contribution in [-0.2, 0) is 9.59 Å². The zero-order valence-electron chi connectivity index (χ0n) is 8.33. The standard InChI is InChI=1S/C9H15ClN2O2/c1-11-6-7-12(5-3-2-4-10)9(14)8(11)13/h2-7H2,1H3. The second-order valence-corrected chi connectivity index (χ2v) is 3.79. The third-order valence-corrected chi connectivity index (χ3v) is 2.60. The maximum Gasteiger partial charge on any atom is 0.312 e. The summed E-state index contributed by atoms with van der Waals surface area (Å²) >= 11 is 5.53. The van der Waals surface area contributed by atoms with Crippen molar-refractivity contribution in [3.8, 4) is 0 Å². The summed E-state index contributed by atoms with van der Waals surface area (Å²) in [5.74, 6) is -0.175. The van der Waals surface area contributed by atoms with Gasteiger partial charge < -0.3 is 9.80 Å². The van der Waals surface area contributed by atoms with Gasteiger partial charge in [0.1, 0.15) is 0 Å². The van der Waals surface area contributed by atoms with E-state index < -0.39 is 5.91 Å². The van der Waals surface area contributed by atoms with Gasteiger partial charge in [0.2, 0.25) is 0 Å². The van der Waals surface area contributed by atoms with Gasteiger partial charge in [-0.25, -0.2) is 0 Å². The van der Waals surface area contributed by atoms with Gasteiger partial charge in [-0.15, -0.1) is 11.6 Å². The molecule has 1 aliphatic rings. The number of rotatable bonds is 4. The molecule has 0 aromatic heterocycles. The predicted octanol–water partition coefficient (Wildman–Crippen LogP) is 0.306. The lowest BCUT2D eigenvalue weighted by molar-refractivity contribution is -0.154. The summed E-state index contributed by atoms with van der Waals surface area (Å²) in [5, 5.41) is 0. The van der Waals surface area contributed by atoms with E-state index in [4.69, 9.17) is 11.6 Å². The topological polar surface area (TPSA) is 40.6 Å². The van der Waals surface area contributed by atoms with Crippen molar-refractivity contribution in [2.45, 2.75) is 12.8 Å². The van der Waals surface area contributed by atoms with Crippen molar-refractivity contribution in [2.75, 3.05) is 32.6 Å². The van der Waals surface area contributed by atoms with E-state index in [2.05, 4.69) is 0 Å². The molecule has 1 fully saturated rings. The molecular formula is C9H15ClN2O2. The molecule has 14 heavy (non-hydrogen) atoms. The lowest BCUT2D eigenvalue weighted by atomic mass is 10.2. The summed E-state index contributed by atoms with van der Waals surface area (Å²) < 4.78 is 0. The maximum atomic E-state index is 11.4. The van der Waals surface area contributed by atoms with E-state index in [-0.39, 0.29) is 5.91 Å². The molecule has 0 saturated carbocycles. The molecule has 0 unspecified atom stereocenters. The van der Waals surface area contributed by atoms with Crippen molar-refractivity contribution in [2.24, 2.45) is 0 Å². The highest BCUT2D eigenvalue weighted by atomic mass is 35.5. The number of amides is 2. The summed E-state index contributed by atoms with van der Waals surface area (Å²) in [7, 11) is 1.65. The van der Waals surface area contributed by atoms with Gasteiger partial charge in [0.15, 0.2) is 0 Å². The molecule has 0 aromatic carbocycles. The van der Waals surface area contributed by atoms with Crippen molar-refractivity contribution < 1.29 is 9.59 Å². The summed E-state index contributed by atoms with van der Waals surface area (Å²) in [6.45, 7) is 1.92. The van der Waals surface area contributed by atoms with Crippen LogP contribution < -0.4 is 0 Å². The van der Waals surface area contributed by atoms with E-state index in [0.717, 1.165) is 12.8 Å². The fraction of sp³-hybridized carbons (Fsp3) is 0.778. The Balaban J connectivity index is 2.39. The molecule has 1 rings (SSSR count). The van der Waals surface area contributed by atoms with Crippen LogP contribution in [0.15, 0.2) is 0 Å². The van der Waals surface area contributed by atoms with Gasteiger partial charge in [-0.1, -0.05) is 0 Å². The lowest BCUT2D eigenvalue weighted by Gasteiger charge is -2.31. The minimum absolute atomic E-state index is 0.381. The van der Waals surface area contributed by atoms with Gasteiger partial charge in [-0.2, -0.15) is 0 Å². The molecule has 1 aliphatic heterocycles. The first-order valence-corrected chi connectivity index (χ1v) is 5.30. The number of unbranched alkanes of at least 4 members (excludes halogenated alkanes) is 1. The average molecular weight is 219 g/mol. The molecule has 2 amide bonds. The summed E-state index contributed by atoms with van der Waals surface area (Å²) in [6.07, 6.45) is 1.75. The van der Waals surface area contributed by atoms with Gasteiger partial charge in [0, 0.05) is 32.6 Å². The Labute approximate surface area is 88.8 Å². The van der Waals surface area contributed by atoms with E-state index in [0.29, 0.717) is 25.5 Å². The number of alkyl halides is 1. The Hall–Kier alpha value is -0.770. The van der Waals surface area contributed by atoms with Gasteiger partial charge in [-0.05, 0) is 12.8 Å². The molecule has 5 heteroatoms. The molecule has 0 atom stereocenters. The number of hydrogen-bond acceptors (Lipinski definition) is 2. The third kappa shape index (κ3) is 2.61. The Morgan fingerprint density at radius 2 is 1.93 bits per heavy atom. The second-order valence-electron chi connectivity index (χ2n) is 3.41. The van der Waals surface area contributed by atoms with E-state index in [1.807, 2.05) is 0 Å². The van der Waals surface area contributed by atoms with Crippen molar-refractivity contribution in [3.05, 3.63) is 0 Å². The molecule has 0 aliphatic carbocycles. The minimum atomic E-state index is -0.401. The Morgan fingerprint density at radius 1 is 1.21 bits per heavy atom. The first kappa shape index (κ1) is 11.3. The number of hydrogen-bond donors (Lipinski definition) is 0. The molecule has 0 bridgehead atoms. The molecule has 80 valence electrons. The lowest BCUT2D eigenvalue weighted by Crippen LogP contribution is -2.52. The third-order valence-electron chi connectivity index (χ3n) is 2.33. The van der Waals surface area contributed by atoms with Crippen LogP contribution in [0.1, 0.15) is 12.8 Å². The van der Waals surface area contributed by atoms with Crippen molar-refractivity contribution >= 4 is 23.4 Å². The monoisotopic (exact) mass is 218 g/mol. The van der Waals surface area contributed by atoms with Crippen LogP contribution in [0, 0.1) is 0 Å². The van der Waals surface area contributed by atoms with Crippen molar-refractivity contribution in [3.63, 3.8) is 0 Å². The molecule has 0 aromatic rings. The maximum absolute atomic E-state index is 11.4. The van der Waals surface area contributed by atoms with Crippen molar-refractivity contribution in [1.29, 1.82) is 0 Å². The van der Waals surface area contributed by atoms with Gasteiger partial charge in [-0.3, -0.25) is 9.59 Å². The average Bonchev–Trinajstić information content (AvgIpc) is 2.18. The molecule has 1 saturated heterocycles. The smallest absolute Gasteiger partial charge is 0.312 e. The molecule has 0 spiro atoms. The number of likely N-dealkylation sites (N-methyl/N-ethyl adjacent to an activating group) is 1. The molecule has 1 heterocycles. The molecule has 0 radical (unpaired) electrons. The zero-order chi connectivity index (χ0) is 10.6. The van der Waals surface area contributed by atoms with E-state index in [1.165, 1.54) is 4.90 Å². The SMILES string of the molecule is CN1CCN(CCCCCl)C(=O)C1=O. The normalized spacial score (nSPS) is 17.9. The molecule has 0 N–H and O–H groups in total. The van der Waals surface area contributed by atoms with Crippen LogP contribution >= 0.6 is 11.6 Å². The highest BCUT2D eigenvalue weighted by Gasteiger charge is 2.29. The quantitative estimate of drug-likeness (QED) is 0.387. The molecular weight excluding hydrogens is 204 g/mol.